The highest BCUT2D eigenvalue weighted by Crippen LogP contribution is 2.34. The Morgan fingerprint density at radius 2 is 2.06 bits per heavy atom. The van der Waals surface area contributed by atoms with Crippen molar-refractivity contribution < 1.29 is 0 Å². The zero-order valence-electron chi connectivity index (χ0n) is 11.4. The Morgan fingerprint density at radius 1 is 1.29 bits per heavy atom. The molecule has 0 radical (unpaired) electrons. The van der Waals surface area contributed by atoms with Crippen LogP contribution in [0.4, 0.5) is 0 Å². The summed E-state index contributed by atoms with van der Waals surface area (Å²) < 4.78 is 0. The average molecular weight is 251 g/mol. The van der Waals surface area contributed by atoms with Crippen LogP contribution in [0.2, 0.25) is 0 Å². The second-order valence-corrected chi connectivity index (χ2v) is 6.71. The molecule has 1 aliphatic rings. The van der Waals surface area contributed by atoms with Crippen molar-refractivity contribution in [2.75, 3.05) is 6.54 Å². The summed E-state index contributed by atoms with van der Waals surface area (Å²) in [7, 11) is 0. The van der Waals surface area contributed by atoms with Gasteiger partial charge in [0.15, 0.2) is 0 Å². The van der Waals surface area contributed by atoms with E-state index in [2.05, 4.69) is 43.5 Å². The Morgan fingerprint density at radius 3 is 2.71 bits per heavy atom. The molecule has 0 aliphatic heterocycles. The van der Waals surface area contributed by atoms with Gasteiger partial charge in [0.25, 0.3) is 0 Å². The van der Waals surface area contributed by atoms with Crippen molar-refractivity contribution in [1.82, 2.24) is 5.32 Å². The third-order valence-electron chi connectivity index (χ3n) is 3.52. The maximum atomic E-state index is 3.65. The summed E-state index contributed by atoms with van der Waals surface area (Å²) in [6, 6.07) is 3.06. The molecule has 0 aromatic carbocycles. The Bertz CT molecular complexity index is 330. The van der Waals surface area contributed by atoms with Crippen molar-refractivity contribution in [2.24, 2.45) is 5.92 Å². The number of aryl methyl sites for hydroxylation is 2. The molecule has 0 fully saturated rings. The van der Waals surface area contributed by atoms with Gasteiger partial charge in [0.05, 0.1) is 0 Å². The lowest BCUT2D eigenvalue weighted by atomic mass is 9.97. The summed E-state index contributed by atoms with van der Waals surface area (Å²) in [6.07, 6.45) is 6.67. The van der Waals surface area contributed by atoms with Crippen LogP contribution in [-0.4, -0.2) is 6.54 Å². The molecule has 1 nitrogen and oxygen atoms in total. The van der Waals surface area contributed by atoms with Crippen LogP contribution in [0.25, 0.3) is 0 Å². The fourth-order valence-electron chi connectivity index (χ4n) is 2.70. The van der Waals surface area contributed by atoms with Crippen LogP contribution < -0.4 is 5.32 Å². The highest BCUT2D eigenvalue weighted by molar-refractivity contribution is 7.12. The summed E-state index contributed by atoms with van der Waals surface area (Å²) in [5.41, 5.74) is 1.64. The number of nitrogens with one attached hydrogen (secondary N) is 1. The van der Waals surface area contributed by atoms with Crippen LogP contribution in [0.15, 0.2) is 6.07 Å². The van der Waals surface area contributed by atoms with Crippen LogP contribution in [0.1, 0.15) is 61.4 Å². The molecule has 0 bridgehead atoms. The maximum Gasteiger partial charge on any atom is 0.0417 e. The molecule has 1 aromatic rings. The molecule has 17 heavy (non-hydrogen) atoms. The standard InChI is InChI=1S/C15H25NS/c1-4-16-13(9-11(2)3)15-10-12-7-5-6-8-14(12)17-15/h10-11,13,16H,4-9H2,1-3H3. The van der Waals surface area contributed by atoms with Crippen LogP contribution in [0, 0.1) is 5.92 Å². The SMILES string of the molecule is CCNC(CC(C)C)c1cc2c(s1)CCCC2. The molecule has 0 saturated carbocycles. The van der Waals surface area contributed by atoms with E-state index in [4.69, 9.17) is 0 Å². The third kappa shape index (κ3) is 3.32. The third-order valence-corrected chi connectivity index (χ3v) is 4.87. The zero-order valence-corrected chi connectivity index (χ0v) is 12.2. The summed E-state index contributed by atoms with van der Waals surface area (Å²) >= 11 is 2.06. The first-order valence-corrected chi connectivity index (χ1v) is 7.87. The van der Waals surface area contributed by atoms with Crippen molar-refractivity contribution in [3.05, 3.63) is 21.4 Å². The summed E-state index contributed by atoms with van der Waals surface area (Å²) in [5, 5.41) is 3.65. The van der Waals surface area contributed by atoms with E-state index in [0.717, 1.165) is 12.5 Å². The van der Waals surface area contributed by atoms with E-state index < -0.39 is 0 Å². The molecular formula is C15H25NS. The van der Waals surface area contributed by atoms with Gasteiger partial charge in [0, 0.05) is 15.8 Å². The average Bonchev–Trinajstić information content (AvgIpc) is 2.71. The van der Waals surface area contributed by atoms with Gasteiger partial charge in [-0.3, -0.25) is 0 Å². The molecule has 1 heterocycles. The van der Waals surface area contributed by atoms with Gasteiger partial charge in [-0.2, -0.15) is 0 Å². The first-order chi connectivity index (χ1) is 8.20. The Hall–Kier alpha value is -0.340. The molecule has 0 spiro atoms. The van der Waals surface area contributed by atoms with E-state index in [-0.39, 0.29) is 0 Å². The number of rotatable bonds is 5. The summed E-state index contributed by atoms with van der Waals surface area (Å²) in [6.45, 7) is 7.91. The second-order valence-electron chi connectivity index (χ2n) is 5.54. The minimum absolute atomic E-state index is 0.579. The first kappa shape index (κ1) is 13.1. The van der Waals surface area contributed by atoms with Gasteiger partial charge in [0.2, 0.25) is 0 Å². The molecule has 1 N–H and O–H groups in total. The topological polar surface area (TPSA) is 12.0 Å². The van der Waals surface area contributed by atoms with Gasteiger partial charge in [-0.05, 0) is 56.2 Å². The van der Waals surface area contributed by atoms with Gasteiger partial charge < -0.3 is 5.32 Å². The molecule has 0 saturated heterocycles. The van der Waals surface area contributed by atoms with E-state index in [1.807, 2.05) is 0 Å². The molecular weight excluding hydrogens is 226 g/mol. The fraction of sp³-hybridized carbons (Fsp3) is 0.733. The molecule has 96 valence electrons. The number of fused-ring (bicyclic) bond motifs is 1. The minimum Gasteiger partial charge on any atom is -0.310 e. The Balaban J connectivity index is 2.14. The molecule has 1 aliphatic carbocycles. The normalized spacial score (nSPS) is 17.2. The minimum atomic E-state index is 0.579. The van der Waals surface area contributed by atoms with E-state index in [9.17, 15) is 0 Å². The molecule has 1 unspecified atom stereocenters. The highest BCUT2D eigenvalue weighted by Gasteiger charge is 2.19. The molecule has 1 aromatic heterocycles. The van der Waals surface area contributed by atoms with Crippen LogP contribution >= 0.6 is 11.3 Å². The van der Waals surface area contributed by atoms with Gasteiger partial charge in [0.1, 0.15) is 0 Å². The van der Waals surface area contributed by atoms with Crippen molar-refractivity contribution >= 4 is 11.3 Å². The van der Waals surface area contributed by atoms with Gasteiger partial charge >= 0.3 is 0 Å². The Labute approximate surface area is 110 Å². The summed E-state index contributed by atoms with van der Waals surface area (Å²) in [4.78, 5) is 3.24. The highest BCUT2D eigenvalue weighted by atomic mass is 32.1. The van der Waals surface area contributed by atoms with Crippen LogP contribution in [0.3, 0.4) is 0 Å². The zero-order chi connectivity index (χ0) is 12.3. The molecule has 2 rings (SSSR count). The lowest BCUT2D eigenvalue weighted by Crippen LogP contribution is -2.21. The number of hydrogen-bond donors (Lipinski definition) is 1. The first-order valence-electron chi connectivity index (χ1n) is 7.05. The largest absolute Gasteiger partial charge is 0.310 e. The maximum absolute atomic E-state index is 3.65. The van der Waals surface area contributed by atoms with Crippen molar-refractivity contribution in [3.63, 3.8) is 0 Å². The number of thiophene rings is 1. The smallest absolute Gasteiger partial charge is 0.0417 e. The lowest BCUT2D eigenvalue weighted by molar-refractivity contribution is 0.443. The van der Waals surface area contributed by atoms with Crippen LogP contribution in [0.5, 0.6) is 0 Å². The van der Waals surface area contributed by atoms with E-state index in [1.54, 1.807) is 15.3 Å². The van der Waals surface area contributed by atoms with E-state index in [0.29, 0.717) is 6.04 Å². The van der Waals surface area contributed by atoms with Crippen molar-refractivity contribution in [1.29, 1.82) is 0 Å². The van der Waals surface area contributed by atoms with E-state index in [1.165, 1.54) is 32.1 Å². The fourth-order valence-corrected chi connectivity index (χ4v) is 4.05. The predicted octanol–water partition coefficient (Wildman–Crippen LogP) is 4.32. The Kier molecular flexibility index (Phi) is 4.63. The van der Waals surface area contributed by atoms with Crippen molar-refractivity contribution in [2.45, 2.75) is 58.9 Å². The lowest BCUT2D eigenvalue weighted by Gasteiger charge is -2.18. The predicted molar refractivity (Wildman–Crippen MR) is 76.8 cm³/mol. The monoisotopic (exact) mass is 251 g/mol. The summed E-state index contributed by atoms with van der Waals surface area (Å²) in [5.74, 6) is 0.762. The van der Waals surface area contributed by atoms with Gasteiger partial charge in [-0.25, -0.2) is 0 Å². The quantitative estimate of drug-likeness (QED) is 0.821. The van der Waals surface area contributed by atoms with Crippen LogP contribution in [-0.2, 0) is 12.8 Å². The second kappa shape index (κ2) is 6.01. The van der Waals surface area contributed by atoms with E-state index >= 15 is 0 Å². The number of hydrogen-bond acceptors (Lipinski definition) is 2. The van der Waals surface area contributed by atoms with Gasteiger partial charge in [-0.15, -0.1) is 11.3 Å². The van der Waals surface area contributed by atoms with Gasteiger partial charge in [-0.1, -0.05) is 20.8 Å². The molecule has 1 atom stereocenters. The van der Waals surface area contributed by atoms with Crippen molar-refractivity contribution in [3.8, 4) is 0 Å². The molecule has 2 heteroatoms. The molecule has 0 amide bonds.